The first-order valence-corrected chi connectivity index (χ1v) is 12.2. The van der Waals surface area contributed by atoms with Gasteiger partial charge in [0.05, 0.1) is 0 Å². The fourth-order valence-corrected chi connectivity index (χ4v) is 4.38. The highest BCUT2D eigenvalue weighted by Gasteiger charge is 2.28. The molecule has 2 aromatic carbocycles. The third kappa shape index (κ3) is 6.97. The molecule has 172 valence electrons. The van der Waals surface area contributed by atoms with E-state index in [9.17, 15) is 9.59 Å². The second-order valence-corrected chi connectivity index (χ2v) is 9.66. The van der Waals surface area contributed by atoms with Gasteiger partial charge in [-0.25, -0.2) is 0 Å². The summed E-state index contributed by atoms with van der Waals surface area (Å²) >= 11 is 9.60. The Kier molecular flexibility index (Phi) is 9.00. The summed E-state index contributed by atoms with van der Waals surface area (Å²) in [5, 5.41) is 3.73. The van der Waals surface area contributed by atoms with Crippen molar-refractivity contribution in [3.63, 3.8) is 0 Å². The molecule has 0 aliphatic heterocycles. The molecule has 0 aromatic heterocycles. The van der Waals surface area contributed by atoms with Crippen LogP contribution in [0.4, 0.5) is 0 Å². The summed E-state index contributed by atoms with van der Waals surface area (Å²) in [6, 6.07) is 12.5. The van der Waals surface area contributed by atoms with Gasteiger partial charge in [-0.1, -0.05) is 58.9 Å². The van der Waals surface area contributed by atoms with E-state index in [2.05, 4.69) is 21.2 Å². The number of carbonyl (C=O) groups excluding carboxylic acids is 2. The fourth-order valence-electron chi connectivity index (χ4n) is 3.92. The van der Waals surface area contributed by atoms with Crippen molar-refractivity contribution >= 4 is 39.3 Å². The molecule has 0 saturated heterocycles. The monoisotopic (exact) mass is 520 g/mol. The number of nitrogens with one attached hydrogen (secondary N) is 1. The lowest BCUT2D eigenvalue weighted by molar-refractivity contribution is -0.142. The average molecular weight is 522 g/mol. The van der Waals surface area contributed by atoms with Gasteiger partial charge in [0.1, 0.15) is 11.8 Å². The summed E-state index contributed by atoms with van der Waals surface area (Å²) in [6.45, 7) is 3.86. The zero-order valence-corrected chi connectivity index (χ0v) is 20.9. The van der Waals surface area contributed by atoms with Crippen molar-refractivity contribution in [1.82, 2.24) is 10.2 Å². The smallest absolute Gasteiger partial charge is 0.261 e. The molecule has 1 atom stereocenters. The molecule has 1 aliphatic carbocycles. The Morgan fingerprint density at radius 1 is 1.19 bits per heavy atom. The predicted octanol–water partition coefficient (Wildman–Crippen LogP) is 5.66. The lowest BCUT2D eigenvalue weighted by Gasteiger charge is -2.31. The van der Waals surface area contributed by atoms with Gasteiger partial charge in [0.2, 0.25) is 5.91 Å². The van der Waals surface area contributed by atoms with Crippen LogP contribution < -0.4 is 10.1 Å². The van der Waals surface area contributed by atoms with Crippen molar-refractivity contribution in [2.24, 2.45) is 0 Å². The third-order valence-electron chi connectivity index (χ3n) is 5.85. The SMILES string of the molecule is Cc1cc(OCC(=O)N(Cc2cccc(Cl)c2)[C@@H](C)C(=O)NC2CCCCC2)ccc1Br. The van der Waals surface area contributed by atoms with Crippen LogP contribution in [0.5, 0.6) is 5.75 Å². The Balaban J connectivity index is 1.71. The molecule has 1 saturated carbocycles. The van der Waals surface area contributed by atoms with Gasteiger partial charge in [-0.2, -0.15) is 0 Å². The molecule has 2 aromatic rings. The van der Waals surface area contributed by atoms with Crippen molar-refractivity contribution in [2.45, 2.75) is 64.6 Å². The molecule has 5 nitrogen and oxygen atoms in total. The van der Waals surface area contributed by atoms with Crippen LogP contribution in [-0.2, 0) is 16.1 Å². The Morgan fingerprint density at radius 3 is 2.62 bits per heavy atom. The largest absolute Gasteiger partial charge is 0.484 e. The van der Waals surface area contributed by atoms with Gasteiger partial charge in [0.25, 0.3) is 5.91 Å². The molecular weight excluding hydrogens is 492 g/mol. The first-order valence-electron chi connectivity index (χ1n) is 11.1. The van der Waals surface area contributed by atoms with Crippen LogP contribution in [0.25, 0.3) is 0 Å². The summed E-state index contributed by atoms with van der Waals surface area (Å²) in [5.41, 5.74) is 1.88. The predicted molar refractivity (Wildman–Crippen MR) is 131 cm³/mol. The van der Waals surface area contributed by atoms with E-state index in [0.29, 0.717) is 10.8 Å². The minimum atomic E-state index is -0.626. The van der Waals surface area contributed by atoms with E-state index >= 15 is 0 Å². The van der Waals surface area contributed by atoms with E-state index in [0.717, 1.165) is 41.3 Å². The van der Waals surface area contributed by atoms with Gasteiger partial charge < -0.3 is 15.0 Å². The normalized spacial score (nSPS) is 15.1. The van der Waals surface area contributed by atoms with Crippen LogP contribution in [-0.4, -0.2) is 35.4 Å². The summed E-state index contributed by atoms with van der Waals surface area (Å²) in [7, 11) is 0. The van der Waals surface area contributed by atoms with E-state index in [1.165, 1.54) is 6.42 Å². The van der Waals surface area contributed by atoms with E-state index in [-0.39, 0.29) is 31.0 Å². The molecule has 7 heteroatoms. The molecule has 0 bridgehead atoms. The minimum Gasteiger partial charge on any atom is -0.484 e. The summed E-state index contributed by atoms with van der Waals surface area (Å²) < 4.78 is 6.73. The van der Waals surface area contributed by atoms with Gasteiger partial charge in [-0.3, -0.25) is 9.59 Å². The van der Waals surface area contributed by atoms with Crippen molar-refractivity contribution in [3.05, 3.63) is 63.1 Å². The number of nitrogens with zero attached hydrogens (tertiary/aromatic N) is 1. The number of amides is 2. The zero-order chi connectivity index (χ0) is 23.1. The van der Waals surface area contributed by atoms with Crippen LogP contribution in [0.1, 0.15) is 50.2 Å². The molecule has 1 aliphatic rings. The topological polar surface area (TPSA) is 58.6 Å². The highest BCUT2D eigenvalue weighted by Crippen LogP contribution is 2.22. The summed E-state index contributed by atoms with van der Waals surface area (Å²) in [4.78, 5) is 27.7. The minimum absolute atomic E-state index is 0.133. The highest BCUT2D eigenvalue weighted by molar-refractivity contribution is 9.10. The van der Waals surface area contributed by atoms with Crippen molar-refractivity contribution in [2.75, 3.05) is 6.61 Å². The lowest BCUT2D eigenvalue weighted by atomic mass is 9.95. The number of hydrogen-bond donors (Lipinski definition) is 1. The second kappa shape index (κ2) is 11.7. The Bertz CT molecular complexity index is 947. The maximum atomic E-state index is 13.2. The van der Waals surface area contributed by atoms with Crippen LogP contribution in [0, 0.1) is 6.92 Å². The molecule has 0 unspecified atom stereocenters. The molecule has 2 amide bonds. The summed E-state index contributed by atoms with van der Waals surface area (Å²) in [5.74, 6) is 0.227. The first-order chi connectivity index (χ1) is 15.3. The number of aryl methyl sites for hydroxylation is 1. The molecule has 1 N–H and O–H groups in total. The van der Waals surface area contributed by atoms with Crippen molar-refractivity contribution in [1.29, 1.82) is 0 Å². The highest BCUT2D eigenvalue weighted by atomic mass is 79.9. The zero-order valence-electron chi connectivity index (χ0n) is 18.6. The number of halogens is 2. The summed E-state index contributed by atoms with van der Waals surface area (Å²) in [6.07, 6.45) is 5.46. The first kappa shape index (κ1) is 24.6. The molecule has 0 radical (unpaired) electrons. The second-order valence-electron chi connectivity index (χ2n) is 8.37. The Morgan fingerprint density at radius 2 is 1.94 bits per heavy atom. The van der Waals surface area contributed by atoms with Gasteiger partial charge in [-0.15, -0.1) is 0 Å². The lowest BCUT2D eigenvalue weighted by Crippen LogP contribution is -2.51. The van der Waals surface area contributed by atoms with Gasteiger partial charge in [0.15, 0.2) is 6.61 Å². The van der Waals surface area contributed by atoms with Crippen molar-refractivity contribution < 1.29 is 14.3 Å². The quantitative estimate of drug-likeness (QED) is 0.488. The number of rotatable bonds is 8. The van der Waals surface area contributed by atoms with Crippen LogP contribution in [0.2, 0.25) is 5.02 Å². The van der Waals surface area contributed by atoms with E-state index < -0.39 is 6.04 Å². The average Bonchev–Trinajstić information content (AvgIpc) is 2.78. The van der Waals surface area contributed by atoms with Crippen LogP contribution in [0.15, 0.2) is 46.9 Å². The molecule has 32 heavy (non-hydrogen) atoms. The Labute approximate surface area is 203 Å². The van der Waals surface area contributed by atoms with Gasteiger partial charge in [0, 0.05) is 22.1 Å². The van der Waals surface area contributed by atoms with E-state index in [4.69, 9.17) is 16.3 Å². The van der Waals surface area contributed by atoms with E-state index in [1.54, 1.807) is 17.9 Å². The number of benzene rings is 2. The molecule has 0 heterocycles. The molecule has 3 rings (SSSR count). The maximum Gasteiger partial charge on any atom is 0.261 e. The van der Waals surface area contributed by atoms with Crippen LogP contribution >= 0.6 is 27.5 Å². The van der Waals surface area contributed by atoms with Gasteiger partial charge in [-0.05, 0) is 68.1 Å². The number of ether oxygens (including phenoxy) is 1. The maximum absolute atomic E-state index is 13.2. The van der Waals surface area contributed by atoms with E-state index in [1.807, 2.05) is 43.3 Å². The molecule has 0 spiro atoms. The van der Waals surface area contributed by atoms with Crippen LogP contribution in [0.3, 0.4) is 0 Å². The third-order valence-corrected chi connectivity index (χ3v) is 6.98. The Hall–Kier alpha value is -2.05. The fraction of sp³-hybridized carbons (Fsp3) is 0.440. The van der Waals surface area contributed by atoms with Crippen molar-refractivity contribution in [3.8, 4) is 5.75 Å². The number of carbonyl (C=O) groups is 2. The molecular formula is C25H30BrClN2O3. The van der Waals surface area contributed by atoms with Gasteiger partial charge >= 0.3 is 0 Å². The molecule has 1 fully saturated rings. The standard InChI is InChI=1S/C25H30BrClN2O3/c1-17-13-22(11-12-23(17)26)32-16-24(30)29(15-19-7-6-8-20(27)14-19)18(2)25(31)28-21-9-4-3-5-10-21/h6-8,11-14,18,21H,3-5,9-10,15-16H2,1-2H3,(H,28,31)/t18-/m0/s1. The number of hydrogen-bond acceptors (Lipinski definition) is 3.